The highest BCUT2D eigenvalue weighted by Gasteiger charge is 2.15. The molecule has 3 aromatic rings. The van der Waals surface area contributed by atoms with Crippen LogP contribution in [-0.2, 0) is 4.79 Å². The first-order chi connectivity index (χ1) is 14.7. The Morgan fingerprint density at radius 3 is 2.77 bits per heavy atom. The molecule has 0 fully saturated rings. The molecule has 30 heavy (non-hydrogen) atoms. The van der Waals surface area contributed by atoms with Gasteiger partial charge in [-0.05, 0) is 37.3 Å². The number of hydrogen-bond donors (Lipinski definition) is 1. The molecule has 0 aliphatic rings. The minimum Gasteiger partial charge on any atom is -0.494 e. The molecule has 0 radical (unpaired) electrons. The van der Waals surface area contributed by atoms with Crippen molar-refractivity contribution in [2.24, 2.45) is 0 Å². The standard InChI is InChI=1S/C24H22N4O2/c1-3-13-26-24(29)19(16-25)14-20-17-28(21-10-6-5-7-11-21)27-23(20)18-9-8-12-22(15-18)30-4-2/h3,5-12,14-15,17H,1,4,13H2,2H3,(H,26,29)/b19-14-. The van der Waals surface area contributed by atoms with Crippen LogP contribution in [0.2, 0.25) is 0 Å². The van der Waals surface area contributed by atoms with Gasteiger partial charge in [0.05, 0.1) is 12.3 Å². The van der Waals surface area contributed by atoms with Crippen LogP contribution in [-0.4, -0.2) is 28.8 Å². The van der Waals surface area contributed by atoms with Crippen LogP contribution in [0.3, 0.4) is 0 Å². The average Bonchev–Trinajstić information content (AvgIpc) is 3.21. The lowest BCUT2D eigenvalue weighted by Gasteiger charge is -2.05. The predicted octanol–water partition coefficient (Wildman–Crippen LogP) is 4.15. The second kappa shape index (κ2) is 9.89. The minimum atomic E-state index is -0.459. The van der Waals surface area contributed by atoms with Gasteiger partial charge >= 0.3 is 0 Å². The van der Waals surface area contributed by atoms with Gasteiger partial charge < -0.3 is 10.1 Å². The van der Waals surface area contributed by atoms with Gasteiger partial charge in [0.2, 0.25) is 0 Å². The SMILES string of the molecule is C=CCNC(=O)/C(C#N)=C\c1cn(-c2ccccc2)nc1-c1cccc(OCC)c1. The number of para-hydroxylation sites is 1. The van der Waals surface area contributed by atoms with E-state index in [1.807, 2.05) is 67.6 Å². The van der Waals surface area contributed by atoms with Crippen LogP contribution in [0.25, 0.3) is 23.0 Å². The number of hydrogen-bond acceptors (Lipinski definition) is 4. The topological polar surface area (TPSA) is 79.9 Å². The van der Waals surface area contributed by atoms with Crippen LogP contribution < -0.4 is 10.1 Å². The molecule has 150 valence electrons. The van der Waals surface area contributed by atoms with Crippen molar-refractivity contribution in [2.45, 2.75) is 6.92 Å². The van der Waals surface area contributed by atoms with E-state index < -0.39 is 5.91 Å². The van der Waals surface area contributed by atoms with Gasteiger partial charge in [0.1, 0.15) is 23.1 Å². The van der Waals surface area contributed by atoms with E-state index in [0.29, 0.717) is 17.9 Å². The third-order valence-electron chi connectivity index (χ3n) is 4.25. The lowest BCUT2D eigenvalue weighted by atomic mass is 10.1. The highest BCUT2D eigenvalue weighted by atomic mass is 16.5. The van der Waals surface area contributed by atoms with Crippen molar-refractivity contribution in [1.82, 2.24) is 15.1 Å². The Hall–Kier alpha value is -4.11. The zero-order valence-electron chi connectivity index (χ0n) is 16.7. The zero-order chi connectivity index (χ0) is 21.3. The number of nitriles is 1. The van der Waals surface area contributed by atoms with Crippen LogP contribution in [0.1, 0.15) is 12.5 Å². The number of carbonyl (C=O) groups excluding carboxylic acids is 1. The molecule has 0 atom stereocenters. The van der Waals surface area contributed by atoms with Gasteiger partial charge in [0, 0.05) is 23.9 Å². The Morgan fingerprint density at radius 2 is 2.07 bits per heavy atom. The summed E-state index contributed by atoms with van der Waals surface area (Å²) in [7, 11) is 0. The Kier molecular flexibility index (Phi) is 6.80. The maximum Gasteiger partial charge on any atom is 0.262 e. The molecule has 2 aromatic carbocycles. The second-order valence-corrected chi connectivity index (χ2v) is 6.34. The Balaban J connectivity index is 2.11. The second-order valence-electron chi connectivity index (χ2n) is 6.34. The maximum atomic E-state index is 12.3. The molecule has 1 amide bonds. The summed E-state index contributed by atoms with van der Waals surface area (Å²) in [6.45, 7) is 6.33. The van der Waals surface area contributed by atoms with Crippen molar-refractivity contribution in [3.63, 3.8) is 0 Å². The van der Waals surface area contributed by atoms with Gasteiger partial charge in [-0.2, -0.15) is 10.4 Å². The summed E-state index contributed by atoms with van der Waals surface area (Å²) < 4.78 is 7.34. The molecule has 0 unspecified atom stereocenters. The van der Waals surface area contributed by atoms with Gasteiger partial charge in [-0.25, -0.2) is 4.68 Å². The number of rotatable bonds is 8. The Labute approximate surface area is 175 Å². The molecule has 1 aromatic heterocycles. The quantitative estimate of drug-likeness (QED) is 0.351. The lowest BCUT2D eigenvalue weighted by molar-refractivity contribution is -0.116. The predicted molar refractivity (Wildman–Crippen MR) is 117 cm³/mol. The monoisotopic (exact) mass is 398 g/mol. The summed E-state index contributed by atoms with van der Waals surface area (Å²) in [6.07, 6.45) is 4.91. The summed E-state index contributed by atoms with van der Waals surface area (Å²) in [5.74, 6) is 0.266. The third kappa shape index (κ3) is 4.83. The third-order valence-corrected chi connectivity index (χ3v) is 4.25. The average molecular weight is 398 g/mol. The highest BCUT2D eigenvalue weighted by molar-refractivity contribution is 6.02. The molecule has 1 heterocycles. The largest absolute Gasteiger partial charge is 0.494 e. The molecule has 0 bridgehead atoms. The van der Waals surface area contributed by atoms with Crippen LogP contribution in [0.4, 0.5) is 0 Å². The first-order valence-electron chi connectivity index (χ1n) is 9.55. The van der Waals surface area contributed by atoms with Gasteiger partial charge in [0.25, 0.3) is 5.91 Å². The van der Waals surface area contributed by atoms with Gasteiger partial charge in [-0.3, -0.25) is 4.79 Å². The van der Waals surface area contributed by atoms with E-state index in [-0.39, 0.29) is 12.1 Å². The van der Waals surface area contributed by atoms with Crippen LogP contribution in [0.15, 0.2) is 79.0 Å². The molecule has 0 aliphatic heterocycles. The first kappa shape index (κ1) is 20.6. The summed E-state index contributed by atoms with van der Waals surface area (Å²) in [5.41, 5.74) is 2.98. The molecular formula is C24H22N4O2. The number of nitrogens with zero attached hydrogens (tertiary/aromatic N) is 3. The van der Waals surface area contributed by atoms with Crippen LogP contribution >= 0.6 is 0 Å². The van der Waals surface area contributed by atoms with E-state index in [4.69, 9.17) is 9.84 Å². The number of carbonyl (C=O) groups is 1. The number of amides is 1. The summed E-state index contributed by atoms with van der Waals surface area (Å²) in [6, 6.07) is 19.2. The van der Waals surface area contributed by atoms with Gasteiger partial charge in [-0.15, -0.1) is 6.58 Å². The van der Waals surface area contributed by atoms with E-state index in [0.717, 1.165) is 17.0 Å². The van der Waals surface area contributed by atoms with Gasteiger partial charge in [0.15, 0.2) is 0 Å². The number of ether oxygens (including phenoxy) is 1. The lowest BCUT2D eigenvalue weighted by Crippen LogP contribution is -2.24. The van der Waals surface area contributed by atoms with Crippen molar-refractivity contribution in [2.75, 3.05) is 13.2 Å². The maximum absolute atomic E-state index is 12.3. The number of nitrogens with one attached hydrogen (secondary N) is 1. The van der Waals surface area contributed by atoms with Crippen molar-refractivity contribution >= 4 is 12.0 Å². The van der Waals surface area contributed by atoms with E-state index in [1.165, 1.54) is 0 Å². The van der Waals surface area contributed by atoms with Crippen LogP contribution in [0, 0.1) is 11.3 Å². The van der Waals surface area contributed by atoms with Crippen molar-refractivity contribution in [3.05, 3.63) is 84.6 Å². The van der Waals surface area contributed by atoms with Crippen molar-refractivity contribution in [3.8, 4) is 28.8 Å². The molecule has 6 nitrogen and oxygen atoms in total. The van der Waals surface area contributed by atoms with E-state index in [1.54, 1.807) is 23.0 Å². The highest BCUT2D eigenvalue weighted by Crippen LogP contribution is 2.28. The fourth-order valence-corrected chi connectivity index (χ4v) is 2.89. The fraction of sp³-hybridized carbons (Fsp3) is 0.125. The molecule has 0 saturated heterocycles. The summed E-state index contributed by atoms with van der Waals surface area (Å²) >= 11 is 0. The van der Waals surface area contributed by atoms with E-state index in [9.17, 15) is 10.1 Å². The normalized spacial score (nSPS) is 10.9. The molecule has 0 aliphatic carbocycles. The summed E-state index contributed by atoms with van der Waals surface area (Å²) in [4.78, 5) is 12.3. The van der Waals surface area contributed by atoms with Crippen molar-refractivity contribution in [1.29, 1.82) is 5.26 Å². The first-order valence-corrected chi connectivity index (χ1v) is 9.55. The Morgan fingerprint density at radius 1 is 1.27 bits per heavy atom. The number of aromatic nitrogens is 2. The summed E-state index contributed by atoms with van der Waals surface area (Å²) in [5, 5.41) is 16.9. The minimum absolute atomic E-state index is 0.00771. The van der Waals surface area contributed by atoms with E-state index in [2.05, 4.69) is 11.9 Å². The van der Waals surface area contributed by atoms with Gasteiger partial charge in [-0.1, -0.05) is 36.4 Å². The molecule has 0 saturated carbocycles. The van der Waals surface area contributed by atoms with Crippen molar-refractivity contribution < 1.29 is 9.53 Å². The molecule has 0 spiro atoms. The molecular weight excluding hydrogens is 376 g/mol. The molecule has 6 heteroatoms. The van der Waals surface area contributed by atoms with Crippen LogP contribution in [0.5, 0.6) is 5.75 Å². The smallest absolute Gasteiger partial charge is 0.262 e. The van der Waals surface area contributed by atoms with E-state index >= 15 is 0 Å². The molecule has 1 N–H and O–H groups in total. The number of benzene rings is 2. The zero-order valence-corrected chi connectivity index (χ0v) is 16.7. The molecule has 3 rings (SSSR count). The Bertz CT molecular complexity index is 1110. The fourth-order valence-electron chi connectivity index (χ4n) is 2.89.